The molecule has 1 aliphatic carbocycles. The molecule has 0 atom stereocenters. The van der Waals surface area contributed by atoms with Crippen LogP contribution < -0.4 is 15.6 Å². The number of hydrogen-bond acceptors (Lipinski definition) is 8. The average molecular weight is 518 g/mol. The highest BCUT2D eigenvalue weighted by molar-refractivity contribution is 5.98. The number of aromatic nitrogens is 3. The summed E-state index contributed by atoms with van der Waals surface area (Å²) in [5, 5.41) is 4.62. The summed E-state index contributed by atoms with van der Waals surface area (Å²) in [6, 6.07) is 9.07. The summed E-state index contributed by atoms with van der Waals surface area (Å²) >= 11 is 0. The van der Waals surface area contributed by atoms with Crippen molar-refractivity contribution in [2.45, 2.75) is 58.9 Å². The van der Waals surface area contributed by atoms with Gasteiger partial charge in [-0.2, -0.15) is 4.98 Å². The molecule has 1 N–H and O–H groups in total. The molecule has 1 saturated heterocycles. The fourth-order valence-corrected chi connectivity index (χ4v) is 5.16. The molecule has 0 unspecified atom stereocenters. The van der Waals surface area contributed by atoms with Gasteiger partial charge in [0.05, 0.1) is 24.3 Å². The Kier molecular flexibility index (Phi) is 7.74. The van der Waals surface area contributed by atoms with E-state index in [1.54, 1.807) is 31.3 Å². The first-order chi connectivity index (χ1) is 18.5. The SMILES string of the molecule is CC(=O)c1cc2cnc(Nc3ccc4c(=O)cc(N5CCOCC5)oc4c3)nc2n1C1CCCC1.CCC. The van der Waals surface area contributed by atoms with Crippen molar-refractivity contribution in [3.63, 3.8) is 0 Å². The normalized spacial score (nSPS) is 16.0. The summed E-state index contributed by atoms with van der Waals surface area (Å²) in [5.74, 6) is 1.01. The number of carbonyl (C=O) groups excluding carboxylic acids is 1. The molecular weight excluding hydrogens is 482 g/mol. The van der Waals surface area contributed by atoms with Crippen molar-refractivity contribution in [2.24, 2.45) is 0 Å². The molecule has 6 rings (SSSR count). The molecule has 2 fully saturated rings. The predicted octanol–water partition coefficient (Wildman–Crippen LogP) is 5.85. The zero-order valence-corrected chi connectivity index (χ0v) is 22.3. The van der Waals surface area contributed by atoms with Crippen molar-refractivity contribution in [2.75, 3.05) is 36.5 Å². The molecule has 38 heavy (non-hydrogen) atoms. The van der Waals surface area contributed by atoms with Crippen molar-refractivity contribution in [3.8, 4) is 0 Å². The zero-order valence-electron chi connectivity index (χ0n) is 22.3. The maximum absolute atomic E-state index is 12.7. The van der Waals surface area contributed by atoms with Crippen molar-refractivity contribution in [3.05, 3.63) is 52.4 Å². The van der Waals surface area contributed by atoms with Crippen molar-refractivity contribution < 1.29 is 13.9 Å². The van der Waals surface area contributed by atoms with Crippen molar-refractivity contribution in [1.82, 2.24) is 14.5 Å². The van der Waals surface area contributed by atoms with Gasteiger partial charge < -0.3 is 23.9 Å². The smallest absolute Gasteiger partial charge is 0.229 e. The maximum Gasteiger partial charge on any atom is 0.229 e. The highest BCUT2D eigenvalue weighted by Crippen LogP contribution is 2.35. The molecule has 1 saturated carbocycles. The first kappa shape index (κ1) is 25.9. The van der Waals surface area contributed by atoms with Crippen LogP contribution in [0.25, 0.3) is 22.0 Å². The minimum Gasteiger partial charge on any atom is -0.440 e. The molecule has 0 radical (unpaired) electrons. The van der Waals surface area contributed by atoms with Gasteiger partial charge in [-0.1, -0.05) is 33.1 Å². The summed E-state index contributed by atoms with van der Waals surface area (Å²) in [6.45, 7) is 8.43. The number of fused-ring (bicyclic) bond motifs is 2. The highest BCUT2D eigenvalue weighted by atomic mass is 16.5. The van der Waals surface area contributed by atoms with Gasteiger partial charge in [0.2, 0.25) is 5.95 Å². The number of rotatable bonds is 5. The van der Waals surface area contributed by atoms with E-state index in [-0.39, 0.29) is 17.3 Å². The van der Waals surface area contributed by atoms with E-state index in [0.29, 0.717) is 60.5 Å². The summed E-state index contributed by atoms with van der Waals surface area (Å²) in [5.41, 5.74) is 2.58. The third-order valence-electron chi connectivity index (χ3n) is 6.92. The molecule has 0 bridgehead atoms. The molecule has 0 amide bonds. The second kappa shape index (κ2) is 11.3. The number of ketones is 1. The second-order valence-corrected chi connectivity index (χ2v) is 9.96. The maximum atomic E-state index is 12.7. The predicted molar refractivity (Wildman–Crippen MR) is 150 cm³/mol. The minimum atomic E-state index is -0.0804. The van der Waals surface area contributed by atoms with Crippen LogP contribution in [0.1, 0.15) is 69.4 Å². The molecule has 4 aromatic rings. The number of carbonyl (C=O) groups is 1. The Hall–Kier alpha value is -3.72. The molecule has 3 aromatic heterocycles. The molecule has 1 aliphatic heterocycles. The molecule has 4 heterocycles. The number of ether oxygens (including phenoxy) is 1. The van der Waals surface area contributed by atoms with E-state index < -0.39 is 0 Å². The molecule has 9 heteroatoms. The molecule has 2 aliphatic rings. The lowest BCUT2D eigenvalue weighted by atomic mass is 10.2. The second-order valence-electron chi connectivity index (χ2n) is 9.96. The first-order valence-corrected chi connectivity index (χ1v) is 13.5. The van der Waals surface area contributed by atoms with Gasteiger partial charge in [-0.05, 0) is 31.0 Å². The van der Waals surface area contributed by atoms with Gasteiger partial charge in [0, 0.05) is 55.5 Å². The third-order valence-corrected chi connectivity index (χ3v) is 6.92. The van der Waals surface area contributed by atoms with Crippen molar-refractivity contribution in [1.29, 1.82) is 0 Å². The quantitative estimate of drug-likeness (QED) is 0.329. The molecule has 9 nitrogen and oxygen atoms in total. The Morgan fingerprint density at radius 3 is 2.55 bits per heavy atom. The summed E-state index contributed by atoms with van der Waals surface area (Å²) in [4.78, 5) is 36.3. The van der Waals surface area contributed by atoms with Crippen LogP contribution >= 0.6 is 0 Å². The molecule has 1 aromatic carbocycles. The minimum absolute atomic E-state index is 0.0324. The van der Waals surface area contributed by atoms with Gasteiger partial charge in [-0.3, -0.25) is 9.59 Å². The van der Waals surface area contributed by atoms with Gasteiger partial charge in [0.15, 0.2) is 17.1 Å². The van der Waals surface area contributed by atoms with E-state index in [1.165, 1.54) is 6.42 Å². The van der Waals surface area contributed by atoms with Crippen LogP contribution in [0.5, 0.6) is 0 Å². The van der Waals surface area contributed by atoms with E-state index in [2.05, 4.69) is 28.7 Å². The Balaban J connectivity index is 0.000000937. The van der Waals surface area contributed by atoms with E-state index in [1.807, 2.05) is 17.0 Å². The Bertz CT molecular complexity index is 1500. The van der Waals surface area contributed by atoms with Gasteiger partial charge in [-0.15, -0.1) is 0 Å². The number of hydrogen-bond donors (Lipinski definition) is 1. The zero-order chi connectivity index (χ0) is 26.6. The van der Waals surface area contributed by atoms with Crippen LogP contribution in [0.3, 0.4) is 0 Å². The van der Waals surface area contributed by atoms with Gasteiger partial charge >= 0.3 is 0 Å². The van der Waals surface area contributed by atoms with Crippen LogP contribution in [0.2, 0.25) is 0 Å². The van der Waals surface area contributed by atoms with Crippen LogP contribution in [-0.2, 0) is 4.74 Å². The standard InChI is InChI=1S/C26H27N5O4.C3H8/c1-16(32)21-12-17-15-27-26(29-25(17)31(21)19-4-2-3-5-19)28-18-6-7-20-22(33)14-24(35-23(20)13-18)30-8-10-34-11-9-30;1-3-2/h6-7,12-15,19H,2-5,8-11H2,1H3,(H,27,28,29);3H2,1-2H3. The topological polar surface area (TPSA) is 102 Å². The van der Waals surface area contributed by atoms with Gasteiger partial charge in [-0.25, -0.2) is 4.98 Å². The lowest BCUT2D eigenvalue weighted by molar-refractivity contribution is 0.100. The average Bonchev–Trinajstić information content (AvgIpc) is 3.57. The van der Waals surface area contributed by atoms with Crippen molar-refractivity contribution >= 4 is 45.3 Å². The Labute approximate surface area is 221 Å². The third kappa shape index (κ3) is 5.29. The monoisotopic (exact) mass is 517 g/mol. The lowest BCUT2D eigenvalue weighted by Crippen LogP contribution is -2.36. The number of nitrogens with zero attached hydrogens (tertiary/aromatic N) is 4. The Morgan fingerprint density at radius 1 is 1.11 bits per heavy atom. The number of benzene rings is 1. The fourth-order valence-electron chi connectivity index (χ4n) is 5.16. The summed E-state index contributed by atoms with van der Waals surface area (Å²) < 4.78 is 13.6. The number of nitrogens with one attached hydrogen (secondary N) is 1. The van der Waals surface area contributed by atoms with Crippen LogP contribution in [0, 0.1) is 0 Å². The summed E-state index contributed by atoms with van der Waals surface area (Å²) in [7, 11) is 0. The number of morpholine rings is 1. The van der Waals surface area contributed by atoms with Crippen LogP contribution in [0.15, 0.2) is 45.7 Å². The highest BCUT2D eigenvalue weighted by Gasteiger charge is 2.24. The van der Waals surface area contributed by atoms with Gasteiger partial charge in [0.1, 0.15) is 11.2 Å². The van der Waals surface area contributed by atoms with E-state index in [4.69, 9.17) is 14.1 Å². The van der Waals surface area contributed by atoms with Gasteiger partial charge in [0.25, 0.3) is 0 Å². The van der Waals surface area contributed by atoms with Crippen LogP contribution in [-0.4, -0.2) is 46.6 Å². The molecule has 200 valence electrons. The molecular formula is C29H35N5O4. The number of Topliss-reactive ketones (excluding diaryl/α,β-unsaturated/α-hetero) is 1. The van der Waals surface area contributed by atoms with E-state index in [9.17, 15) is 9.59 Å². The fraction of sp³-hybridized carbons (Fsp3) is 0.448. The summed E-state index contributed by atoms with van der Waals surface area (Å²) in [6.07, 6.45) is 7.41. The first-order valence-electron chi connectivity index (χ1n) is 13.5. The molecule has 0 spiro atoms. The van der Waals surface area contributed by atoms with Crippen LogP contribution in [0.4, 0.5) is 17.5 Å². The lowest BCUT2D eigenvalue weighted by Gasteiger charge is -2.27. The van der Waals surface area contributed by atoms with E-state index in [0.717, 1.165) is 36.7 Å². The largest absolute Gasteiger partial charge is 0.440 e. The van der Waals surface area contributed by atoms with E-state index >= 15 is 0 Å². The number of anilines is 3. The Morgan fingerprint density at radius 2 is 1.84 bits per heavy atom.